The highest BCUT2D eigenvalue weighted by molar-refractivity contribution is 6.09. The molecule has 0 aliphatic carbocycles. The molecular weight excluding hydrogens is 440 g/mol. The van der Waals surface area contributed by atoms with E-state index in [-0.39, 0.29) is 11.8 Å². The molecule has 35 heavy (non-hydrogen) atoms. The number of amides is 3. The van der Waals surface area contributed by atoms with E-state index >= 15 is 0 Å². The standard InChI is InChI=1S/C28H30N4O3/c1-31-16-18-32(19-17-31)28(35)25(20-21-10-4-2-5-11-21)30-27(34)23-14-8-9-15-24(23)29-26(33)22-12-6-3-7-13-22/h2-15,25H,16-20H2,1H3,(H,29,33)(H,30,34)/t25-/m1/s1. The molecule has 3 aromatic rings. The van der Waals surface area contributed by atoms with Gasteiger partial charge in [0.2, 0.25) is 5.91 Å². The second-order valence-corrected chi connectivity index (χ2v) is 8.71. The molecule has 0 bridgehead atoms. The molecule has 1 saturated heterocycles. The summed E-state index contributed by atoms with van der Waals surface area (Å²) >= 11 is 0. The first-order valence-corrected chi connectivity index (χ1v) is 11.8. The zero-order valence-corrected chi connectivity index (χ0v) is 19.8. The fourth-order valence-corrected chi connectivity index (χ4v) is 4.11. The van der Waals surface area contributed by atoms with E-state index in [2.05, 4.69) is 15.5 Å². The SMILES string of the molecule is CN1CCN(C(=O)[C@@H](Cc2ccccc2)NC(=O)c2ccccc2NC(=O)c2ccccc2)CC1. The van der Waals surface area contributed by atoms with Crippen LogP contribution in [-0.2, 0) is 11.2 Å². The first-order chi connectivity index (χ1) is 17.0. The Labute approximate surface area is 205 Å². The fraction of sp³-hybridized carbons (Fsp3) is 0.250. The normalized spacial score (nSPS) is 14.7. The monoisotopic (exact) mass is 470 g/mol. The van der Waals surface area contributed by atoms with Crippen LogP contribution in [-0.4, -0.2) is 66.8 Å². The van der Waals surface area contributed by atoms with Crippen molar-refractivity contribution in [3.63, 3.8) is 0 Å². The van der Waals surface area contributed by atoms with Crippen LogP contribution in [0.5, 0.6) is 0 Å². The third kappa shape index (κ3) is 6.33. The molecule has 7 heteroatoms. The van der Waals surface area contributed by atoms with Crippen LogP contribution in [0.2, 0.25) is 0 Å². The second kappa shape index (κ2) is 11.4. The molecule has 0 saturated carbocycles. The van der Waals surface area contributed by atoms with Gasteiger partial charge in [-0.3, -0.25) is 14.4 Å². The Morgan fingerprint density at radius 3 is 2.06 bits per heavy atom. The van der Waals surface area contributed by atoms with Gasteiger partial charge in [-0.05, 0) is 36.9 Å². The van der Waals surface area contributed by atoms with Crippen molar-refractivity contribution in [2.24, 2.45) is 0 Å². The van der Waals surface area contributed by atoms with E-state index in [0.29, 0.717) is 36.3 Å². The van der Waals surface area contributed by atoms with Crippen LogP contribution >= 0.6 is 0 Å². The molecule has 1 heterocycles. The summed E-state index contributed by atoms with van der Waals surface area (Å²) in [6, 6.07) is 24.6. The molecule has 1 aliphatic rings. The van der Waals surface area contributed by atoms with Gasteiger partial charge in [-0.25, -0.2) is 0 Å². The number of anilines is 1. The van der Waals surface area contributed by atoms with Crippen LogP contribution in [0.1, 0.15) is 26.3 Å². The van der Waals surface area contributed by atoms with Gasteiger partial charge in [0.1, 0.15) is 6.04 Å². The molecule has 7 nitrogen and oxygen atoms in total. The van der Waals surface area contributed by atoms with Gasteiger partial charge in [0.05, 0.1) is 11.3 Å². The van der Waals surface area contributed by atoms with Gasteiger partial charge in [0.15, 0.2) is 0 Å². The number of likely N-dealkylation sites (N-methyl/N-ethyl adjacent to an activating group) is 1. The minimum Gasteiger partial charge on any atom is -0.340 e. The third-order valence-corrected chi connectivity index (χ3v) is 6.16. The van der Waals surface area contributed by atoms with Crippen molar-refractivity contribution < 1.29 is 14.4 Å². The molecule has 1 atom stereocenters. The van der Waals surface area contributed by atoms with E-state index in [1.807, 2.05) is 48.3 Å². The number of nitrogens with one attached hydrogen (secondary N) is 2. The Balaban J connectivity index is 1.53. The Morgan fingerprint density at radius 2 is 1.37 bits per heavy atom. The predicted molar refractivity (Wildman–Crippen MR) is 136 cm³/mol. The van der Waals surface area contributed by atoms with Gasteiger partial charge in [-0.15, -0.1) is 0 Å². The van der Waals surface area contributed by atoms with Crippen molar-refractivity contribution in [1.82, 2.24) is 15.1 Å². The molecule has 2 N–H and O–H groups in total. The van der Waals surface area contributed by atoms with Crippen LogP contribution in [0.4, 0.5) is 5.69 Å². The lowest BCUT2D eigenvalue weighted by atomic mass is 10.0. The molecule has 0 radical (unpaired) electrons. The molecule has 3 amide bonds. The number of piperazine rings is 1. The minimum absolute atomic E-state index is 0.0962. The minimum atomic E-state index is -0.716. The molecule has 1 aliphatic heterocycles. The molecule has 180 valence electrons. The second-order valence-electron chi connectivity index (χ2n) is 8.71. The summed E-state index contributed by atoms with van der Waals surface area (Å²) in [7, 11) is 2.03. The summed E-state index contributed by atoms with van der Waals surface area (Å²) < 4.78 is 0. The molecule has 4 rings (SSSR count). The van der Waals surface area contributed by atoms with E-state index in [1.165, 1.54) is 0 Å². The quantitative estimate of drug-likeness (QED) is 0.556. The summed E-state index contributed by atoms with van der Waals surface area (Å²) in [6.45, 7) is 2.85. The van der Waals surface area contributed by atoms with E-state index < -0.39 is 11.9 Å². The zero-order valence-electron chi connectivity index (χ0n) is 19.8. The summed E-state index contributed by atoms with van der Waals surface area (Å²) in [4.78, 5) is 43.5. The molecule has 3 aromatic carbocycles. The number of para-hydroxylation sites is 1. The Kier molecular flexibility index (Phi) is 7.90. The lowest BCUT2D eigenvalue weighted by molar-refractivity contribution is -0.134. The van der Waals surface area contributed by atoms with Gasteiger partial charge in [-0.1, -0.05) is 60.7 Å². The number of hydrogen-bond acceptors (Lipinski definition) is 4. The number of benzene rings is 3. The molecular formula is C28H30N4O3. The maximum Gasteiger partial charge on any atom is 0.255 e. The van der Waals surface area contributed by atoms with Crippen molar-refractivity contribution in [1.29, 1.82) is 0 Å². The maximum absolute atomic E-state index is 13.4. The highest BCUT2D eigenvalue weighted by Crippen LogP contribution is 2.18. The highest BCUT2D eigenvalue weighted by atomic mass is 16.2. The predicted octanol–water partition coefficient (Wildman–Crippen LogP) is 3.05. The average Bonchev–Trinajstić information content (AvgIpc) is 2.89. The van der Waals surface area contributed by atoms with Crippen LogP contribution in [0.25, 0.3) is 0 Å². The third-order valence-electron chi connectivity index (χ3n) is 6.16. The van der Waals surface area contributed by atoms with E-state index in [4.69, 9.17) is 0 Å². The van der Waals surface area contributed by atoms with Gasteiger partial charge in [0.25, 0.3) is 11.8 Å². The van der Waals surface area contributed by atoms with E-state index in [0.717, 1.165) is 18.7 Å². The van der Waals surface area contributed by atoms with Crippen molar-refractivity contribution in [3.05, 3.63) is 102 Å². The van der Waals surface area contributed by atoms with Gasteiger partial charge < -0.3 is 20.4 Å². The van der Waals surface area contributed by atoms with Crippen LogP contribution in [0, 0.1) is 0 Å². The number of nitrogens with zero attached hydrogens (tertiary/aromatic N) is 2. The van der Waals surface area contributed by atoms with E-state index in [1.54, 1.807) is 48.5 Å². The topological polar surface area (TPSA) is 81.8 Å². The first-order valence-electron chi connectivity index (χ1n) is 11.8. The zero-order chi connectivity index (χ0) is 24.6. The van der Waals surface area contributed by atoms with Crippen molar-refractivity contribution in [2.45, 2.75) is 12.5 Å². The lowest BCUT2D eigenvalue weighted by Crippen LogP contribution is -2.55. The van der Waals surface area contributed by atoms with Gasteiger partial charge >= 0.3 is 0 Å². The molecule has 0 unspecified atom stereocenters. The van der Waals surface area contributed by atoms with Crippen LogP contribution < -0.4 is 10.6 Å². The fourth-order valence-electron chi connectivity index (χ4n) is 4.11. The number of carbonyl (C=O) groups is 3. The maximum atomic E-state index is 13.4. The van der Waals surface area contributed by atoms with Gasteiger partial charge in [0, 0.05) is 38.2 Å². The Morgan fingerprint density at radius 1 is 0.771 bits per heavy atom. The number of carbonyl (C=O) groups excluding carboxylic acids is 3. The molecule has 0 aromatic heterocycles. The first kappa shape index (κ1) is 24.2. The summed E-state index contributed by atoms with van der Waals surface area (Å²) in [5.41, 5.74) is 2.16. The smallest absolute Gasteiger partial charge is 0.255 e. The Hall–Kier alpha value is -3.97. The lowest BCUT2D eigenvalue weighted by Gasteiger charge is -2.35. The number of hydrogen-bond donors (Lipinski definition) is 2. The van der Waals surface area contributed by atoms with Crippen LogP contribution in [0.3, 0.4) is 0 Å². The largest absolute Gasteiger partial charge is 0.340 e. The highest BCUT2D eigenvalue weighted by Gasteiger charge is 2.29. The number of rotatable bonds is 7. The Bertz CT molecular complexity index is 1160. The summed E-state index contributed by atoms with van der Waals surface area (Å²) in [5.74, 6) is -0.807. The summed E-state index contributed by atoms with van der Waals surface area (Å²) in [6.07, 6.45) is 0.385. The van der Waals surface area contributed by atoms with Crippen molar-refractivity contribution >= 4 is 23.4 Å². The summed E-state index contributed by atoms with van der Waals surface area (Å²) in [5, 5.41) is 5.78. The van der Waals surface area contributed by atoms with E-state index in [9.17, 15) is 14.4 Å². The molecule has 1 fully saturated rings. The average molecular weight is 471 g/mol. The van der Waals surface area contributed by atoms with Crippen molar-refractivity contribution in [2.75, 3.05) is 38.5 Å². The van der Waals surface area contributed by atoms with Crippen LogP contribution in [0.15, 0.2) is 84.9 Å². The van der Waals surface area contributed by atoms with Crippen molar-refractivity contribution in [3.8, 4) is 0 Å². The molecule has 0 spiro atoms. The van der Waals surface area contributed by atoms with Gasteiger partial charge in [-0.2, -0.15) is 0 Å².